The van der Waals surface area contributed by atoms with Crippen LogP contribution in [0.3, 0.4) is 0 Å². The molecule has 27 heavy (non-hydrogen) atoms. The molecule has 2 aromatic carbocycles. The molecule has 1 amide bonds. The maximum Gasteiger partial charge on any atom is 0.226 e. The van der Waals surface area contributed by atoms with Crippen LogP contribution in [0.5, 0.6) is 0 Å². The zero-order chi connectivity index (χ0) is 20.0. The second-order valence-corrected chi connectivity index (χ2v) is 6.73. The van der Waals surface area contributed by atoms with E-state index in [1.54, 1.807) is 43.3 Å². The van der Waals surface area contributed by atoms with Gasteiger partial charge in [-0.1, -0.05) is 54.1 Å². The molecule has 5 nitrogen and oxygen atoms in total. The van der Waals surface area contributed by atoms with Gasteiger partial charge in [-0.25, -0.2) is 4.85 Å². The monoisotopic (exact) mass is 384 g/mol. The van der Waals surface area contributed by atoms with Crippen molar-refractivity contribution in [1.82, 2.24) is 5.32 Å². The largest absolute Gasteiger partial charge is 0.393 e. The lowest BCUT2D eigenvalue weighted by molar-refractivity contribution is -0.127. The van der Waals surface area contributed by atoms with Gasteiger partial charge in [-0.2, -0.15) is 0 Å². The topological polar surface area (TPSA) is 70.8 Å². The fourth-order valence-corrected chi connectivity index (χ4v) is 2.99. The van der Waals surface area contributed by atoms with E-state index in [1.807, 2.05) is 6.07 Å². The summed E-state index contributed by atoms with van der Waals surface area (Å²) in [5.41, 5.74) is 2.36. The summed E-state index contributed by atoms with van der Waals surface area (Å²) in [4.78, 5) is 28.0. The zero-order valence-electron chi connectivity index (χ0n) is 15.2. The Balaban J connectivity index is 2.09. The third kappa shape index (κ3) is 5.16. The van der Waals surface area contributed by atoms with Crippen LogP contribution >= 0.6 is 11.6 Å². The Hall–Kier alpha value is -2.68. The molecule has 0 heterocycles. The summed E-state index contributed by atoms with van der Waals surface area (Å²) in [6.07, 6.45) is -0.650. The molecule has 6 heteroatoms. The number of carbonyl (C=O) groups excluding carboxylic acids is 2. The fraction of sp³-hybridized carbons (Fsp3) is 0.286. The van der Waals surface area contributed by atoms with Crippen molar-refractivity contribution in [3.8, 4) is 0 Å². The van der Waals surface area contributed by atoms with Crippen molar-refractivity contribution < 1.29 is 14.7 Å². The maximum atomic E-state index is 12.5. The number of benzene rings is 2. The molecule has 0 aromatic heterocycles. The average molecular weight is 385 g/mol. The predicted molar refractivity (Wildman–Crippen MR) is 105 cm³/mol. The standard InChI is InChI=1S/C21H21ClN2O3/c1-13-16(9-10-18(23-3)20(13)22)11-17(14(2)25)21(27)24-12-19(26)15-7-5-4-6-8-15/h4-10,14,17,25H,11-12H2,1-2H3,(H,24,27)/t14-,17+/m0/s1. The summed E-state index contributed by atoms with van der Waals surface area (Å²) in [7, 11) is 0. The van der Waals surface area contributed by atoms with Crippen LogP contribution in [0.15, 0.2) is 42.5 Å². The van der Waals surface area contributed by atoms with E-state index in [1.165, 1.54) is 6.92 Å². The Morgan fingerprint density at radius 1 is 1.22 bits per heavy atom. The summed E-state index contributed by atoms with van der Waals surface area (Å²) < 4.78 is 0. The molecule has 2 aromatic rings. The Morgan fingerprint density at radius 2 is 1.89 bits per heavy atom. The van der Waals surface area contributed by atoms with Crippen molar-refractivity contribution in [3.05, 3.63) is 75.6 Å². The summed E-state index contributed by atoms with van der Waals surface area (Å²) in [5, 5.41) is 13.0. The molecule has 0 aliphatic heterocycles. The molecule has 0 unspecified atom stereocenters. The molecule has 0 fully saturated rings. The molecule has 0 aliphatic rings. The van der Waals surface area contributed by atoms with Gasteiger partial charge in [-0.15, -0.1) is 0 Å². The Morgan fingerprint density at radius 3 is 2.48 bits per heavy atom. The van der Waals surface area contributed by atoms with Crippen LogP contribution in [0, 0.1) is 19.4 Å². The highest BCUT2D eigenvalue weighted by Crippen LogP contribution is 2.31. The number of amides is 1. The number of ketones is 1. The molecule has 0 radical (unpaired) electrons. The Kier molecular flexibility index (Phi) is 7.12. The summed E-state index contributed by atoms with van der Waals surface area (Å²) in [6, 6.07) is 12.0. The van der Waals surface area contributed by atoms with E-state index in [-0.39, 0.29) is 18.7 Å². The normalized spacial score (nSPS) is 12.7. The quantitative estimate of drug-likeness (QED) is 0.564. The van der Waals surface area contributed by atoms with E-state index in [2.05, 4.69) is 10.2 Å². The van der Waals surface area contributed by atoms with Crippen molar-refractivity contribution in [1.29, 1.82) is 0 Å². The van der Waals surface area contributed by atoms with Crippen molar-refractivity contribution in [3.63, 3.8) is 0 Å². The predicted octanol–water partition coefficient (Wildman–Crippen LogP) is 3.74. The van der Waals surface area contributed by atoms with Gasteiger partial charge in [0, 0.05) is 5.56 Å². The minimum absolute atomic E-state index is 0.136. The van der Waals surface area contributed by atoms with Gasteiger partial charge < -0.3 is 10.4 Å². The first-order valence-corrected chi connectivity index (χ1v) is 8.92. The fourth-order valence-electron chi connectivity index (χ4n) is 2.76. The molecule has 0 spiro atoms. The molecule has 140 valence electrons. The van der Waals surface area contributed by atoms with Crippen molar-refractivity contribution in [2.24, 2.45) is 5.92 Å². The molecule has 0 aliphatic carbocycles. The van der Waals surface area contributed by atoms with Crippen LogP contribution in [-0.2, 0) is 11.2 Å². The van der Waals surface area contributed by atoms with Crippen LogP contribution in [-0.4, -0.2) is 29.4 Å². The Bertz CT molecular complexity index is 873. The van der Waals surface area contributed by atoms with E-state index >= 15 is 0 Å². The number of carbonyl (C=O) groups is 2. The number of nitrogens with one attached hydrogen (secondary N) is 1. The molecular formula is C21H21ClN2O3. The minimum atomic E-state index is -0.907. The van der Waals surface area contributed by atoms with Crippen LogP contribution < -0.4 is 5.32 Å². The van der Waals surface area contributed by atoms with Gasteiger partial charge in [-0.3, -0.25) is 9.59 Å². The second kappa shape index (κ2) is 9.31. The van der Waals surface area contributed by atoms with Gasteiger partial charge in [0.1, 0.15) is 0 Å². The van der Waals surface area contributed by atoms with E-state index in [0.29, 0.717) is 21.8 Å². The van der Waals surface area contributed by atoms with E-state index < -0.39 is 17.9 Å². The van der Waals surface area contributed by atoms with Gasteiger partial charge >= 0.3 is 0 Å². The number of hydrogen-bond acceptors (Lipinski definition) is 3. The number of aliphatic hydroxyl groups is 1. The lowest BCUT2D eigenvalue weighted by atomic mass is 9.91. The molecule has 0 bridgehead atoms. The first-order chi connectivity index (χ1) is 12.8. The lowest BCUT2D eigenvalue weighted by Crippen LogP contribution is -2.40. The Labute approximate surface area is 163 Å². The van der Waals surface area contributed by atoms with E-state index in [4.69, 9.17) is 18.2 Å². The molecule has 0 saturated heterocycles. The smallest absolute Gasteiger partial charge is 0.226 e. The number of aliphatic hydroxyl groups excluding tert-OH is 1. The van der Waals surface area contributed by atoms with Gasteiger partial charge in [0.2, 0.25) is 11.6 Å². The van der Waals surface area contributed by atoms with E-state index in [9.17, 15) is 14.7 Å². The zero-order valence-corrected chi connectivity index (χ0v) is 16.0. The first kappa shape index (κ1) is 20.6. The average Bonchev–Trinajstić information content (AvgIpc) is 2.67. The number of nitrogens with zero attached hydrogens (tertiary/aromatic N) is 1. The van der Waals surface area contributed by atoms with Crippen LogP contribution in [0.25, 0.3) is 4.85 Å². The van der Waals surface area contributed by atoms with Gasteiger partial charge in [0.05, 0.1) is 30.2 Å². The number of Topliss-reactive ketones (excluding diaryl/α,β-unsaturated/α-hetero) is 1. The lowest BCUT2D eigenvalue weighted by Gasteiger charge is -2.21. The highest BCUT2D eigenvalue weighted by Gasteiger charge is 2.25. The summed E-state index contributed by atoms with van der Waals surface area (Å²) >= 11 is 6.19. The minimum Gasteiger partial charge on any atom is -0.393 e. The maximum absolute atomic E-state index is 12.5. The summed E-state index contributed by atoms with van der Waals surface area (Å²) in [5.74, 6) is -1.34. The van der Waals surface area contributed by atoms with Crippen molar-refractivity contribution in [2.45, 2.75) is 26.4 Å². The van der Waals surface area contributed by atoms with Crippen molar-refractivity contribution >= 4 is 29.0 Å². The number of rotatable bonds is 7. The highest BCUT2D eigenvalue weighted by atomic mass is 35.5. The van der Waals surface area contributed by atoms with Crippen LogP contribution in [0.4, 0.5) is 5.69 Å². The van der Waals surface area contributed by atoms with Crippen LogP contribution in [0.2, 0.25) is 5.02 Å². The molecular weight excluding hydrogens is 364 g/mol. The molecule has 2 atom stereocenters. The second-order valence-electron chi connectivity index (χ2n) is 6.35. The van der Waals surface area contributed by atoms with Gasteiger partial charge in [0.25, 0.3) is 0 Å². The van der Waals surface area contributed by atoms with Gasteiger partial charge in [0.15, 0.2) is 5.78 Å². The SMILES string of the molecule is [C-]#[N+]c1ccc(C[C@@H](C(=O)NCC(=O)c2ccccc2)[C@H](C)O)c(C)c1Cl. The number of hydrogen-bond donors (Lipinski definition) is 2. The molecule has 2 N–H and O–H groups in total. The van der Waals surface area contributed by atoms with E-state index in [0.717, 1.165) is 5.56 Å². The van der Waals surface area contributed by atoms with Gasteiger partial charge in [-0.05, 0) is 31.4 Å². The third-order valence-corrected chi connectivity index (χ3v) is 4.95. The van der Waals surface area contributed by atoms with Crippen molar-refractivity contribution in [2.75, 3.05) is 6.54 Å². The summed E-state index contributed by atoms with van der Waals surface area (Å²) in [6.45, 7) is 10.3. The molecule has 2 rings (SSSR count). The number of halogens is 1. The van der Waals surface area contributed by atoms with Crippen LogP contribution in [0.1, 0.15) is 28.4 Å². The third-order valence-electron chi connectivity index (χ3n) is 4.48. The molecule has 0 saturated carbocycles. The highest BCUT2D eigenvalue weighted by molar-refractivity contribution is 6.34. The first-order valence-electron chi connectivity index (χ1n) is 8.54.